The molecule has 1 heterocycles. The summed E-state index contributed by atoms with van der Waals surface area (Å²) in [6.45, 7) is 4.43. The molecule has 130 valence electrons. The van der Waals surface area contributed by atoms with Gasteiger partial charge >= 0.3 is 0 Å². The molecule has 0 atom stereocenters. The van der Waals surface area contributed by atoms with Crippen LogP contribution < -0.4 is 5.32 Å². The quantitative estimate of drug-likeness (QED) is 0.655. The van der Waals surface area contributed by atoms with Crippen LogP contribution in [0.2, 0.25) is 0 Å². The molecule has 1 amide bonds. The third-order valence-corrected chi connectivity index (χ3v) is 5.19. The van der Waals surface area contributed by atoms with Gasteiger partial charge < -0.3 is 10.3 Å². The number of H-pyrrole nitrogens is 1. The minimum Gasteiger partial charge on any atom is -0.356 e. The summed E-state index contributed by atoms with van der Waals surface area (Å²) in [5.41, 5.74) is 4.24. The number of thioether (sulfide) groups is 1. The van der Waals surface area contributed by atoms with Crippen LogP contribution in [-0.4, -0.2) is 23.7 Å². The fourth-order valence-corrected chi connectivity index (χ4v) is 3.51. The summed E-state index contributed by atoms with van der Waals surface area (Å²) in [6, 6.07) is 10.8. The lowest BCUT2D eigenvalue weighted by molar-refractivity contribution is 0.0954. The van der Waals surface area contributed by atoms with E-state index in [1.807, 2.05) is 44.4 Å². The molecule has 0 spiro atoms. The number of halogens is 1. The zero-order valence-electron chi connectivity index (χ0n) is 14.6. The number of carbonyl (C=O) groups excluding carboxylic acids is 1. The molecule has 0 saturated heterocycles. The predicted octanol–water partition coefficient (Wildman–Crippen LogP) is 4.62. The summed E-state index contributed by atoms with van der Waals surface area (Å²) in [7, 11) is 0. The number of hydrogen-bond acceptors (Lipinski definition) is 2. The van der Waals surface area contributed by atoms with Crippen LogP contribution in [-0.2, 0) is 6.42 Å². The Labute approximate surface area is 151 Å². The predicted molar refractivity (Wildman–Crippen MR) is 102 cm³/mol. The summed E-state index contributed by atoms with van der Waals surface area (Å²) < 4.78 is 14.0. The van der Waals surface area contributed by atoms with Gasteiger partial charge in [0.05, 0.1) is 5.52 Å². The van der Waals surface area contributed by atoms with Crippen LogP contribution in [0.3, 0.4) is 0 Å². The van der Waals surface area contributed by atoms with E-state index < -0.39 is 0 Å². The standard InChI is InChI=1S/C20H21FN2OS/c1-12-4-9-17(21)19-18(12)16(13(2)23-19)10-11-22-20(24)14-5-7-15(25-3)8-6-14/h4-9,23H,10-11H2,1-3H3,(H,22,24). The first kappa shape index (κ1) is 17.5. The molecule has 0 bridgehead atoms. The number of fused-ring (bicyclic) bond motifs is 1. The molecule has 1 aromatic heterocycles. The van der Waals surface area contributed by atoms with Crippen LogP contribution in [0.1, 0.15) is 27.2 Å². The van der Waals surface area contributed by atoms with Crippen molar-refractivity contribution in [1.29, 1.82) is 0 Å². The smallest absolute Gasteiger partial charge is 0.251 e. The fraction of sp³-hybridized carbons (Fsp3) is 0.250. The number of amides is 1. The molecule has 0 aliphatic rings. The van der Waals surface area contributed by atoms with Gasteiger partial charge in [-0.2, -0.15) is 0 Å². The highest BCUT2D eigenvalue weighted by molar-refractivity contribution is 7.98. The van der Waals surface area contributed by atoms with Crippen LogP contribution >= 0.6 is 11.8 Å². The molecule has 0 fully saturated rings. The number of rotatable bonds is 5. The molecule has 0 aliphatic heterocycles. The van der Waals surface area contributed by atoms with Crippen molar-refractivity contribution in [2.45, 2.75) is 25.2 Å². The van der Waals surface area contributed by atoms with Gasteiger partial charge in [-0.1, -0.05) is 6.07 Å². The summed E-state index contributed by atoms with van der Waals surface area (Å²) in [6.07, 6.45) is 2.66. The van der Waals surface area contributed by atoms with Crippen LogP contribution in [0, 0.1) is 19.7 Å². The monoisotopic (exact) mass is 356 g/mol. The molecule has 0 saturated carbocycles. The van der Waals surface area contributed by atoms with E-state index in [2.05, 4.69) is 10.3 Å². The van der Waals surface area contributed by atoms with Crippen molar-refractivity contribution in [3.8, 4) is 0 Å². The summed E-state index contributed by atoms with van der Waals surface area (Å²) >= 11 is 1.64. The van der Waals surface area contributed by atoms with Gasteiger partial charge in [-0.3, -0.25) is 4.79 Å². The average Bonchev–Trinajstić information content (AvgIpc) is 2.96. The van der Waals surface area contributed by atoms with Gasteiger partial charge in [0.25, 0.3) is 5.91 Å². The first-order chi connectivity index (χ1) is 12.0. The Morgan fingerprint density at radius 1 is 1.16 bits per heavy atom. The Balaban J connectivity index is 1.71. The van der Waals surface area contributed by atoms with Gasteiger partial charge in [-0.15, -0.1) is 11.8 Å². The Kier molecular flexibility index (Phi) is 5.13. The lowest BCUT2D eigenvalue weighted by Crippen LogP contribution is -2.25. The lowest BCUT2D eigenvalue weighted by atomic mass is 10.0. The van der Waals surface area contributed by atoms with Gasteiger partial charge in [0, 0.05) is 28.1 Å². The Bertz CT molecular complexity index is 916. The Morgan fingerprint density at radius 3 is 2.56 bits per heavy atom. The van der Waals surface area contributed by atoms with Gasteiger partial charge in [-0.25, -0.2) is 4.39 Å². The normalized spacial score (nSPS) is 11.0. The van der Waals surface area contributed by atoms with Crippen molar-refractivity contribution in [1.82, 2.24) is 10.3 Å². The van der Waals surface area contributed by atoms with E-state index in [9.17, 15) is 9.18 Å². The van der Waals surface area contributed by atoms with Crippen LogP contribution in [0.4, 0.5) is 4.39 Å². The van der Waals surface area contributed by atoms with E-state index >= 15 is 0 Å². The number of aromatic amines is 1. The number of benzene rings is 2. The van der Waals surface area contributed by atoms with Gasteiger partial charge in [0.1, 0.15) is 5.82 Å². The second-order valence-electron chi connectivity index (χ2n) is 6.08. The van der Waals surface area contributed by atoms with E-state index in [0.717, 1.165) is 27.1 Å². The second-order valence-corrected chi connectivity index (χ2v) is 6.96. The SMILES string of the molecule is CSc1ccc(C(=O)NCCc2c(C)[nH]c3c(F)ccc(C)c23)cc1. The first-order valence-corrected chi connectivity index (χ1v) is 9.42. The third kappa shape index (κ3) is 3.56. The first-order valence-electron chi connectivity index (χ1n) is 8.19. The topological polar surface area (TPSA) is 44.9 Å². The molecule has 25 heavy (non-hydrogen) atoms. The van der Waals surface area contributed by atoms with E-state index in [4.69, 9.17) is 0 Å². The number of aromatic nitrogens is 1. The highest BCUT2D eigenvalue weighted by Crippen LogP contribution is 2.27. The van der Waals surface area contributed by atoms with E-state index in [-0.39, 0.29) is 11.7 Å². The summed E-state index contributed by atoms with van der Waals surface area (Å²) in [5.74, 6) is -0.332. The fourth-order valence-electron chi connectivity index (χ4n) is 3.10. The maximum Gasteiger partial charge on any atom is 0.251 e. The van der Waals surface area contributed by atoms with Gasteiger partial charge in [-0.05, 0) is 68.0 Å². The minimum atomic E-state index is -0.243. The summed E-state index contributed by atoms with van der Waals surface area (Å²) in [5, 5.41) is 3.87. The van der Waals surface area contributed by atoms with Crippen molar-refractivity contribution in [2.75, 3.05) is 12.8 Å². The van der Waals surface area contributed by atoms with Crippen molar-refractivity contribution >= 4 is 28.6 Å². The molecule has 0 unspecified atom stereocenters. The number of aryl methyl sites for hydroxylation is 2. The van der Waals surface area contributed by atoms with E-state index in [1.54, 1.807) is 17.8 Å². The van der Waals surface area contributed by atoms with E-state index in [1.165, 1.54) is 6.07 Å². The van der Waals surface area contributed by atoms with Crippen molar-refractivity contribution < 1.29 is 9.18 Å². The molecular formula is C20H21FN2OS. The molecule has 5 heteroatoms. The molecule has 0 aliphatic carbocycles. The second kappa shape index (κ2) is 7.31. The molecular weight excluding hydrogens is 335 g/mol. The summed E-state index contributed by atoms with van der Waals surface area (Å²) in [4.78, 5) is 16.5. The number of hydrogen-bond donors (Lipinski definition) is 2. The average molecular weight is 356 g/mol. The minimum absolute atomic E-state index is 0.0898. The van der Waals surface area contributed by atoms with Gasteiger partial charge in [0.15, 0.2) is 0 Å². The van der Waals surface area contributed by atoms with Crippen molar-refractivity contribution in [3.63, 3.8) is 0 Å². The van der Waals surface area contributed by atoms with Crippen LogP contribution in [0.25, 0.3) is 10.9 Å². The molecule has 2 aromatic carbocycles. The maximum atomic E-state index is 14.0. The maximum absolute atomic E-state index is 14.0. The van der Waals surface area contributed by atoms with Gasteiger partial charge in [0.2, 0.25) is 0 Å². The van der Waals surface area contributed by atoms with E-state index in [0.29, 0.717) is 24.0 Å². The van der Waals surface area contributed by atoms with Crippen molar-refractivity contribution in [2.24, 2.45) is 0 Å². The molecule has 2 N–H and O–H groups in total. The zero-order chi connectivity index (χ0) is 18.0. The molecule has 3 nitrogen and oxygen atoms in total. The molecule has 0 radical (unpaired) electrons. The largest absolute Gasteiger partial charge is 0.356 e. The lowest BCUT2D eigenvalue weighted by Gasteiger charge is -2.07. The van der Waals surface area contributed by atoms with Crippen LogP contribution in [0.5, 0.6) is 0 Å². The Morgan fingerprint density at radius 2 is 1.88 bits per heavy atom. The number of nitrogens with one attached hydrogen (secondary N) is 2. The van der Waals surface area contributed by atoms with Crippen LogP contribution in [0.15, 0.2) is 41.3 Å². The van der Waals surface area contributed by atoms with Crippen molar-refractivity contribution in [3.05, 3.63) is 64.6 Å². The molecule has 3 aromatic rings. The third-order valence-electron chi connectivity index (χ3n) is 4.44. The highest BCUT2D eigenvalue weighted by atomic mass is 32.2. The number of carbonyl (C=O) groups is 1. The highest BCUT2D eigenvalue weighted by Gasteiger charge is 2.14. The Hall–Kier alpha value is -2.27. The molecule has 3 rings (SSSR count). The zero-order valence-corrected chi connectivity index (χ0v) is 15.4.